The zero-order valence-electron chi connectivity index (χ0n) is 14.1. The second kappa shape index (κ2) is 9.31. The third-order valence-corrected chi connectivity index (χ3v) is 4.92. The van der Waals surface area contributed by atoms with Crippen LogP contribution < -0.4 is 10.6 Å². The normalized spacial score (nSPS) is 15.9. The predicted molar refractivity (Wildman–Crippen MR) is 92.6 cm³/mol. The molecule has 1 saturated carbocycles. The van der Waals surface area contributed by atoms with Gasteiger partial charge in [0.2, 0.25) is 0 Å². The molecule has 136 valence electrons. The van der Waals surface area contributed by atoms with Gasteiger partial charge in [0.25, 0.3) is 5.91 Å². The molecular weight excluding hydrogens is 344 g/mol. The van der Waals surface area contributed by atoms with Crippen molar-refractivity contribution in [3.05, 3.63) is 29.8 Å². The number of ether oxygens (including phenoxy) is 1. The molecule has 25 heavy (non-hydrogen) atoms. The molecule has 1 aromatic carbocycles. The number of amides is 3. The van der Waals surface area contributed by atoms with Crippen molar-refractivity contribution in [2.45, 2.75) is 43.0 Å². The zero-order valence-corrected chi connectivity index (χ0v) is 14.9. The molecule has 0 radical (unpaired) electrons. The minimum atomic E-state index is -1.35. The van der Waals surface area contributed by atoms with Gasteiger partial charge in [-0.3, -0.25) is 14.3 Å². The fourth-order valence-corrected chi connectivity index (χ4v) is 3.46. The lowest BCUT2D eigenvalue weighted by Gasteiger charge is -2.22. The molecule has 0 unspecified atom stereocenters. The minimum Gasteiger partial charge on any atom is -0.452 e. The van der Waals surface area contributed by atoms with Gasteiger partial charge in [-0.25, -0.2) is 9.59 Å². The molecule has 7 nitrogen and oxygen atoms in total. The number of nitrogens with one attached hydrogen (secondary N) is 2. The topological polar surface area (TPSA) is 102 Å². The molecule has 3 amide bonds. The zero-order chi connectivity index (χ0) is 18.2. The van der Waals surface area contributed by atoms with Crippen LogP contribution in [0.5, 0.6) is 0 Å². The summed E-state index contributed by atoms with van der Waals surface area (Å²) in [6.45, 7) is -0.582. The largest absolute Gasteiger partial charge is 0.452 e. The number of rotatable bonds is 5. The Balaban J connectivity index is 1.80. The Hall–Kier alpha value is -2.22. The van der Waals surface area contributed by atoms with Crippen LogP contribution in [0.3, 0.4) is 0 Å². The van der Waals surface area contributed by atoms with Gasteiger partial charge in [-0.05, 0) is 25.0 Å². The first-order chi connectivity index (χ1) is 12.0. The van der Waals surface area contributed by atoms with Crippen LogP contribution in [-0.2, 0) is 20.3 Å². The molecule has 0 aliphatic heterocycles. The van der Waals surface area contributed by atoms with Gasteiger partial charge in [0.1, 0.15) is 0 Å². The first kappa shape index (κ1) is 19.1. The second-order valence-corrected chi connectivity index (χ2v) is 7.23. The summed E-state index contributed by atoms with van der Waals surface area (Å²) in [5.74, 6) is -1.47. The van der Waals surface area contributed by atoms with E-state index in [1.807, 2.05) is 0 Å². The molecule has 1 atom stereocenters. The van der Waals surface area contributed by atoms with Crippen molar-refractivity contribution in [3.63, 3.8) is 0 Å². The number of carbonyl (C=O) groups excluding carboxylic acids is 3. The molecule has 0 aromatic heterocycles. The first-order valence-electron chi connectivity index (χ1n) is 8.17. The fraction of sp³-hybridized carbons (Fsp3) is 0.471. The monoisotopic (exact) mass is 366 g/mol. The van der Waals surface area contributed by atoms with Gasteiger partial charge in [-0.1, -0.05) is 31.4 Å². The molecule has 8 heteroatoms. The summed E-state index contributed by atoms with van der Waals surface area (Å²) in [5.41, 5.74) is 0.141. The second-order valence-electron chi connectivity index (χ2n) is 5.88. The van der Waals surface area contributed by atoms with Gasteiger partial charge in [-0.15, -0.1) is 0 Å². The lowest BCUT2D eigenvalue weighted by atomic mass is 9.96. The van der Waals surface area contributed by atoms with E-state index < -0.39 is 35.3 Å². The van der Waals surface area contributed by atoms with Crippen LogP contribution in [0.1, 0.15) is 42.5 Å². The molecule has 0 spiro atoms. The number of benzene rings is 1. The van der Waals surface area contributed by atoms with E-state index in [0.717, 1.165) is 25.7 Å². The van der Waals surface area contributed by atoms with E-state index in [1.165, 1.54) is 18.7 Å². The van der Waals surface area contributed by atoms with Crippen LogP contribution in [0.25, 0.3) is 0 Å². The van der Waals surface area contributed by atoms with Gasteiger partial charge < -0.3 is 10.1 Å². The molecule has 0 heterocycles. The van der Waals surface area contributed by atoms with Crippen LogP contribution in [0.4, 0.5) is 4.79 Å². The average molecular weight is 366 g/mol. The summed E-state index contributed by atoms with van der Waals surface area (Å²) in [4.78, 5) is 35.9. The van der Waals surface area contributed by atoms with Gasteiger partial charge in [-0.2, -0.15) is 0 Å². The summed E-state index contributed by atoms with van der Waals surface area (Å²) in [6, 6.07) is 5.82. The van der Waals surface area contributed by atoms with Crippen LogP contribution in [-0.4, -0.2) is 41.0 Å². The van der Waals surface area contributed by atoms with Gasteiger partial charge in [0.05, 0.1) is 21.3 Å². The molecule has 1 aliphatic rings. The van der Waals surface area contributed by atoms with Crippen molar-refractivity contribution in [2.75, 3.05) is 12.9 Å². The number of urea groups is 1. The number of esters is 1. The van der Waals surface area contributed by atoms with Crippen LogP contribution in [0, 0.1) is 0 Å². The first-order valence-corrected chi connectivity index (χ1v) is 9.73. The quantitative estimate of drug-likeness (QED) is 0.773. The average Bonchev–Trinajstić information content (AvgIpc) is 2.60. The van der Waals surface area contributed by atoms with Gasteiger partial charge >= 0.3 is 12.0 Å². The van der Waals surface area contributed by atoms with E-state index in [4.69, 9.17) is 4.74 Å². The smallest absolute Gasteiger partial charge is 0.339 e. The van der Waals surface area contributed by atoms with E-state index in [-0.39, 0.29) is 11.6 Å². The molecular formula is C17H22N2O5S. The summed E-state index contributed by atoms with van der Waals surface area (Å²) in [5, 5.41) is 4.89. The van der Waals surface area contributed by atoms with Crippen molar-refractivity contribution in [2.24, 2.45) is 0 Å². The lowest BCUT2D eigenvalue weighted by molar-refractivity contribution is -0.123. The molecule has 2 N–H and O–H groups in total. The maximum absolute atomic E-state index is 12.0. The highest BCUT2D eigenvalue weighted by molar-refractivity contribution is 7.84. The Labute approximate surface area is 149 Å². The van der Waals surface area contributed by atoms with E-state index in [0.29, 0.717) is 4.90 Å². The van der Waals surface area contributed by atoms with Crippen molar-refractivity contribution >= 4 is 28.7 Å². The molecule has 1 fully saturated rings. The highest BCUT2D eigenvalue weighted by Crippen LogP contribution is 2.17. The lowest BCUT2D eigenvalue weighted by Crippen LogP contribution is -2.46. The summed E-state index contributed by atoms with van der Waals surface area (Å²) < 4.78 is 16.5. The van der Waals surface area contributed by atoms with E-state index in [9.17, 15) is 18.6 Å². The minimum absolute atomic E-state index is 0.0792. The summed E-state index contributed by atoms with van der Waals surface area (Å²) in [6.07, 6.45) is 6.56. The maximum Gasteiger partial charge on any atom is 0.339 e. The Kier molecular flexibility index (Phi) is 7.12. The van der Waals surface area contributed by atoms with Crippen molar-refractivity contribution in [3.8, 4) is 0 Å². The van der Waals surface area contributed by atoms with Crippen LogP contribution >= 0.6 is 0 Å². The molecule has 1 aromatic rings. The van der Waals surface area contributed by atoms with E-state index in [2.05, 4.69) is 10.6 Å². The maximum atomic E-state index is 12.0. The summed E-state index contributed by atoms with van der Waals surface area (Å²) >= 11 is 0. The standard InChI is InChI=1S/C17H22N2O5S/c1-25(23)14-10-6-5-9-13(14)16(21)24-11-15(20)19-17(22)18-12-7-3-2-4-8-12/h5-6,9-10,12H,2-4,7-8,11H2,1H3,(H2,18,19,20,22)/t25-/m0/s1. The third kappa shape index (κ3) is 5.97. The SMILES string of the molecule is C[S@](=O)c1ccccc1C(=O)OCC(=O)NC(=O)NC1CCCCC1. The summed E-state index contributed by atoms with van der Waals surface area (Å²) in [7, 11) is -1.35. The third-order valence-electron chi connectivity index (χ3n) is 3.94. The highest BCUT2D eigenvalue weighted by atomic mass is 32.2. The van der Waals surface area contributed by atoms with Gasteiger partial charge in [0, 0.05) is 12.3 Å². The molecule has 1 aliphatic carbocycles. The van der Waals surface area contributed by atoms with Crippen LogP contribution in [0.2, 0.25) is 0 Å². The van der Waals surface area contributed by atoms with Crippen molar-refractivity contribution < 1.29 is 23.3 Å². The number of hydrogen-bond acceptors (Lipinski definition) is 5. The Morgan fingerprint density at radius 3 is 2.52 bits per heavy atom. The molecule has 2 rings (SSSR count). The van der Waals surface area contributed by atoms with E-state index >= 15 is 0 Å². The number of carbonyl (C=O) groups is 3. The number of imide groups is 1. The Morgan fingerprint density at radius 1 is 1.16 bits per heavy atom. The molecule has 0 bridgehead atoms. The van der Waals surface area contributed by atoms with Crippen molar-refractivity contribution in [1.82, 2.24) is 10.6 Å². The Bertz CT molecular complexity index is 671. The van der Waals surface area contributed by atoms with Gasteiger partial charge in [0.15, 0.2) is 6.61 Å². The van der Waals surface area contributed by atoms with Crippen LogP contribution in [0.15, 0.2) is 29.2 Å². The number of hydrogen-bond donors (Lipinski definition) is 2. The Morgan fingerprint density at radius 2 is 1.84 bits per heavy atom. The fourth-order valence-electron chi connectivity index (χ4n) is 2.73. The van der Waals surface area contributed by atoms with Crippen molar-refractivity contribution in [1.29, 1.82) is 0 Å². The molecule has 0 saturated heterocycles. The van der Waals surface area contributed by atoms with E-state index in [1.54, 1.807) is 18.2 Å². The predicted octanol–water partition coefficient (Wildman–Crippen LogP) is 1.74. The highest BCUT2D eigenvalue weighted by Gasteiger charge is 2.19.